The monoisotopic (exact) mass is 882 g/mol. The van der Waals surface area contributed by atoms with E-state index in [1.54, 1.807) is 0 Å². The Morgan fingerprint density at radius 3 is 1.97 bits per heavy atom. The lowest BCUT2D eigenvalue weighted by Crippen LogP contribution is -2.37. The van der Waals surface area contributed by atoms with E-state index in [2.05, 4.69) is 206 Å². The van der Waals surface area contributed by atoms with Crippen LogP contribution in [0.3, 0.4) is 0 Å². The second-order valence-electron chi connectivity index (χ2n) is 23.3. The highest BCUT2D eigenvalue weighted by Gasteiger charge is 2.39. The van der Waals surface area contributed by atoms with Gasteiger partial charge in [-0.2, -0.15) is 0 Å². The Labute approximate surface area is 398 Å². The van der Waals surface area contributed by atoms with Crippen LogP contribution >= 0.6 is 0 Å². The minimum Gasteiger partial charge on any atom is -0.456 e. The van der Waals surface area contributed by atoms with Gasteiger partial charge in [0.1, 0.15) is 22.3 Å². The fraction of sp³-hybridized carbons (Fsp3) is 0.238. The number of anilines is 2. The van der Waals surface area contributed by atoms with Crippen LogP contribution in [0, 0.1) is 0 Å². The van der Waals surface area contributed by atoms with E-state index in [1.807, 2.05) is 0 Å². The number of rotatable bonds is 3. The van der Waals surface area contributed by atoms with Crippen LogP contribution in [0.25, 0.3) is 93.6 Å². The lowest BCUT2D eigenvalue weighted by atomic mass is 9.59. The molecule has 8 aromatic carbocycles. The first-order chi connectivity index (χ1) is 32.5. The van der Waals surface area contributed by atoms with Gasteiger partial charge >= 0.3 is 0 Å². The number of hydrogen-bond acceptors (Lipinski definition) is 3. The van der Waals surface area contributed by atoms with Gasteiger partial charge in [-0.05, 0) is 128 Å². The van der Waals surface area contributed by atoms with Crippen molar-refractivity contribution in [2.24, 2.45) is 0 Å². The summed E-state index contributed by atoms with van der Waals surface area (Å²) in [4.78, 5) is 0. The van der Waals surface area contributed by atoms with Crippen molar-refractivity contribution in [2.75, 3.05) is 5.32 Å². The van der Waals surface area contributed by atoms with Crippen molar-refractivity contribution < 1.29 is 8.83 Å². The van der Waals surface area contributed by atoms with Gasteiger partial charge in [0.05, 0.1) is 11.2 Å². The van der Waals surface area contributed by atoms with Crippen molar-refractivity contribution in [3.63, 3.8) is 0 Å². The van der Waals surface area contributed by atoms with Crippen molar-refractivity contribution in [1.82, 2.24) is 4.57 Å². The third kappa shape index (κ3) is 5.45. The minimum absolute atomic E-state index is 0.0552. The quantitative estimate of drug-likeness (QED) is 0.180. The molecule has 332 valence electrons. The molecule has 0 unspecified atom stereocenters. The number of nitrogens with one attached hydrogen (secondary N) is 1. The van der Waals surface area contributed by atoms with E-state index in [4.69, 9.17) is 8.83 Å². The second kappa shape index (κ2) is 13.2. The Morgan fingerprint density at radius 1 is 0.515 bits per heavy atom. The van der Waals surface area contributed by atoms with Gasteiger partial charge in [0, 0.05) is 72.3 Å². The summed E-state index contributed by atoms with van der Waals surface area (Å²) >= 11 is 0. The number of fused-ring (bicyclic) bond motifs is 15. The average Bonchev–Trinajstić information content (AvgIpc) is 4.02. The lowest BCUT2D eigenvalue weighted by molar-refractivity contribution is 0.332. The summed E-state index contributed by atoms with van der Waals surface area (Å²) in [5.41, 5.74) is 24.2. The molecule has 68 heavy (non-hydrogen) atoms. The Bertz CT molecular complexity index is 4030. The topological polar surface area (TPSA) is 43.2 Å². The van der Waals surface area contributed by atoms with E-state index in [-0.39, 0.29) is 21.7 Å². The summed E-state index contributed by atoms with van der Waals surface area (Å²) in [6.45, 7) is 21.2. The van der Waals surface area contributed by atoms with Crippen LogP contribution < -0.4 is 16.2 Å². The first kappa shape index (κ1) is 40.1. The summed E-state index contributed by atoms with van der Waals surface area (Å²) in [7, 11) is 0.780. The maximum atomic E-state index is 6.95. The van der Waals surface area contributed by atoms with Gasteiger partial charge in [0.15, 0.2) is 7.28 Å². The molecular formula is C63H55BN2O2. The van der Waals surface area contributed by atoms with Crippen molar-refractivity contribution in [3.8, 4) is 27.9 Å². The van der Waals surface area contributed by atoms with Crippen LogP contribution in [0.15, 0.2) is 142 Å². The van der Waals surface area contributed by atoms with E-state index in [0.717, 1.165) is 70.0 Å². The first-order valence-electron chi connectivity index (χ1n) is 24.7. The Hall–Kier alpha value is -6.98. The highest BCUT2D eigenvalue weighted by atomic mass is 16.3. The third-order valence-corrected chi connectivity index (χ3v) is 16.8. The summed E-state index contributed by atoms with van der Waals surface area (Å²) in [6, 6.07) is 50.5. The zero-order valence-electron chi connectivity index (χ0n) is 40.6. The first-order valence-corrected chi connectivity index (χ1v) is 24.7. The molecule has 1 aliphatic heterocycles. The third-order valence-electron chi connectivity index (χ3n) is 16.8. The molecule has 0 saturated carbocycles. The molecule has 0 radical (unpaired) electrons. The van der Waals surface area contributed by atoms with Gasteiger partial charge in [-0.15, -0.1) is 0 Å². The van der Waals surface area contributed by atoms with Crippen molar-refractivity contribution in [2.45, 2.75) is 96.8 Å². The van der Waals surface area contributed by atoms with E-state index in [1.165, 1.54) is 93.9 Å². The highest BCUT2D eigenvalue weighted by molar-refractivity contribution is 6.73. The summed E-state index contributed by atoms with van der Waals surface area (Å²) in [5.74, 6) is 0. The van der Waals surface area contributed by atoms with Gasteiger partial charge in [-0.3, -0.25) is 0 Å². The van der Waals surface area contributed by atoms with Crippen LogP contribution in [0.2, 0.25) is 0 Å². The molecule has 0 atom stereocenters. The summed E-state index contributed by atoms with van der Waals surface area (Å²) in [5, 5.41) is 11.2. The van der Waals surface area contributed by atoms with Crippen LogP contribution in [0.5, 0.6) is 0 Å². The van der Waals surface area contributed by atoms with E-state index >= 15 is 0 Å². The largest absolute Gasteiger partial charge is 0.456 e. The normalized spacial score (nSPS) is 16.4. The van der Waals surface area contributed by atoms with Crippen LogP contribution in [0.4, 0.5) is 11.4 Å². The Balaban J connectivity index is 1.06. The molecule has 4 heterocycles. The molecule has 0 saturated heterocycles. The molecule has 5 heteroatoms. The molecule has 11 aromatic rings. The number of nitrogens with zero attached hydrogens (tertiary/aromatic N) is 1. The van der Waals surface area contributed by atoms with Crippen LogP contribution in [-0.2, 0) is 21.7 Å². The zero-order chi connectivity index (χ0) is 46.4. The fourth-order valence-electron chi connectivity index (χ4n) is 12.8. The van der Waals surface area contributed by atoms with Gasteiger partial charge in [0.25, 0.3) is 0 Å². The lowest BCUT2D eigenvalue weighted by Gasteiger charge is -2.41. The minimum atomic E-state index is -0.135. The van der Waals surface area contributed by atoms with E-state index in [0.29, 0.717) is 0 Å². The molecule has 4 nitrogen and oxygen atoms in total. The number of aromatic nitrogens is 1. The smallest absolute Gasteiger partial charge is 0.198 e. The number of hydrogen-bond donors (Lipinski definition) is 1. The van der Waals surface area contributed by atoms with Crippen LogP contribution in [0.1, 0.15) is 103 Å². The molecule has 0 amide bonds. The molecule has 2 aliphatic carbocycles. The maximum absolute atomic E-state index is 6.95. The Morgan fingerprint density at radius 2 is 1.18 bits per heavy atom. The molecule has 3 aromatic heterocycles. The number of para-hydroxylation sites is 1. The molecule has 1 N–H and O–H groups in total. The molecule has 3 aliphatic rings. The van der Waals surface area contributed by atoms with E-state index < -0.39 is 0 Å². The summed E-state index contributed by atoms with van der Waals surface area (Å²) in [6.07, 6.45) is 2.32. The molecule has 0 fully saturated rings. The predicted molar refractivity (Wildman–Crippen MR) is 288 cm³/mol. The van der Waals surface area contributed by atoms with Crippen LogP contribution in [-0.4, -0.2) is 11.8 Å². The van der Waals surface area contributed by atoms with E-state index in [9.17, 15) is 0 Å². The second-order valence-corrected chi connectivity index (χ2v) is 23.3. The van der Waals surface area contributed by atoms with Crippen molar-refractivity contribution in [3.05, 3.63) is 161 Å². The molecular weight excluding hydrogens is 828 g/mol. The number of furan rings is 2. The highest BCUT2D eigenvalue weighted by Crippen LogP contribution is 2.53. The standard InChI is InChI=1S/C63H55BN2O2/c1-60(2,3)34-18-20-35(21-19-34)65-51-32-56-43(44-28-48-49(31-55(44)68-56)62(6,7)25-24-61(48,4)5)27-41(51)38-22-23-39-42-26-40-36-14-10-12-16-46(36)63(8,9)47(40)30-52(42)66-53-33-57-45(29-50(53)64-58(38)59(39)66)37-15-11-13-17-54(37)67-57/h10-23,26-33,64-65H,24-25H2,1-9H3. The van der Waals surface area contributed by atoms with Gasteiger partial charge in [-0.1, -0.05) is 141 Å². The molecule has 0 spiro atoms. The SMILES string of the molecule is CC(C)(C)c1ccc(Nc2cc3oc4cc5c(cc4c3cc2-c2ccc3c4cc6c(cc4n4c3c2Bc2cc3c(cc2-4)oc2ccccc23)C(C)(C)c2ccccc2-6)C(C)(C)CCC5(C)C)cc1. The number of benzene rings is 8. The zero-order valence-corrected chi connectivity index (χ0v) is 40.6. The van der Waals surface area contributed by atoms with Gasteiger partial charge < -0.3 is 18.7 Å². The molecule has 0 bridgehead atoms. The average molecular weight is 883 g/mol. The Kier molecular flexibility index (Phi) is 7.77. The fourth-order valence-corrected chi connectivity index (χ4v) is 12.8. The van der Waals surface area contributed by atoms with Crippen molar-refractivity contribution in [1.29, 1.82) is 0 Å². The predicted octanol–water partition coefficient (Wildman–Crippen LogP) is 15.6. The van der Waals surface area contributed by atoms with Crippen molar-refractivity contribution >= 4 is 95.3 Å². The van der Waals surface area contributed by atoms with Gasteiger partial charge in [-0.25, -0.2) is 0 Å². The summed E-state index contributed by atoms with van der Waals surface area (Å²) < 4.78 is 16.2. The van der Waals surface area contributed by atoms with Gasteiger partial charge in [0.2, 0.25) is 0 Å². The maximum Gasteiger partial charge on any atom is 0.198 e. The molecule has 14 rings (SSSR count).